The van der Waals surface area contributed by atoms with E-state index >= 15 is 0 Å². The number of piperidine rings is 1. The van der Waals surface area contributed by atoms with Crippen LogP contribution in [0.3, 0.4) is 0 Å². The second-order valence-electron chi connectivity index (χ2n) is 6.79. The number of benzene rings is 1. The van der Waals surface area contributed by atoms with E-state index in [0.717, 1.165) is 63.4 Å². The number of aromatic nitrogens is 2. The SMILES string of the molecule is OC1CCCN(CCNc2ncc3c(n2)CCN3c2ccccc2)C1. The van der Waals surface area contributed by atoms with Crippen molar-refractivity contribution in [2.24, 2.45) is 0 Å². The van der Waals surface area contributed by atoms with E-state index in [4.69, 9.17) is 4.98 Å². The average Bonchev–Trinajstić information content (AvgIpc) is 3.06. The summed E-state index contributed by atoms with van der Waals surface area (Å²) >= 11 is 0. The molecular weight excluding hydrogens is 314 g/mol. The maximum absolute atomic E-state index is 9.73. The molecule has 1 fully saturated rings. The van der Waals surface area contributed by atoms with Crippen LogP contribution >= 0.6 is 0 Å². The molecular formula is C19H25N5O. The summed E-state index contributed by atoms with van der Waals surface area (Å²) in [6, 6.07) is 10.4. The van der Waals surface area contributed by atoms with E-state index in [1.165, 1.54) is 5.69 Å². The number of rotatable bonds is 5. The smallest absolute Gasteiger partial charge is 0.223 e. The maximum Gasteiger partial charge on any atom is 0.223 e. The molecule has 4 rings (SSSR count). The predicted octanol–water partition coefficient (Wildman–Crippen LogP) is 2.04. The molecule has 1 saturated heterocycles. The summed E-state index contributed by atoms with van der Waals surface area (Å²) in [5.74, 6) is 0.700. The van der Waals surface area contributed by atoms with Crippen molar-refractivity contribution < 1.29 is 5.11 Å². The van der Waals surface area contributed by atoms with Gasteiger partial charge in [-0.25, -0.2) is 9.97 Å². The standard InChI is InChI=1S/C19H25N5O/c25-16-7-4-10-23(14-16)12-9-20-19-21-13-18-17(22-19)8-11-24(18)15-5-2-1-3-6-15/h1-3,5-6,13,16,25H,4,7-12,14H2,(H,20,21,22). The first-order valence-corrected chi connectivity index (χ1v) is 9.12. The van der Waals surface area contributed by atoms with Crippen LogP contribution in [0.4, 0.5) is 17.3 Å². The van der Waals surface area contributed by atoms with Crippen molar-refractivity contribution in [3.05, 3.63) is 42.2 Å². The quantitative estimate of drug-likeness (QED) is 0.869. The lowest BCUT2D eigenvalue weighted by Crippen LogP contribution is -2.40. The molecule has 1 aromatic carbocycles. The molecule has 1 aromatic heterocycles. The van der Waals surface area contributed by atoms with Crippen molar-refractivity contribution >= 4 is 17.3 Å². The molecule has 0 radical (unpaired) electrons. The van der Waals surface area contributed by atoms with Crippen molar-refractivity contribution in [1.29, 1.82) is 0 Å². The highest BCUT2D eigenvalue weighted by atomic mass is 16.3. The molecule has 25 heavy (non-hydrogen) atoms. The van der Waals surface area contributed by atoms with E-state index in [2.05, 4.69) is 44.4 Å². The fourth-order valence-electron chi connectivity index (χ4n) is 3.68. The third kappa shape index (κ3) is 3.75. The van der Waals surface area contributed by atoms with Gasteiger partial charge in [0.2, 0.25) is 5.95 Å². The van der Waals surface area contributed by atoms with Crippen molar-refractivity contribution in [3.63, 3.8) is 0 Å². The van der Waals surface area contributed by atoms with Gasteiger partial charge < -0.3 is 15.3 Å². The number of hydrogen-bond acceptors (Lipinski definition) is 6. The van der Waals surface area contributed by atoms with Crippen molar-refractivity contribution in [2.45, 2.75) is 25.4 Å². The molecule has 2 aliphatic rings. The first-order valence-electron chi connectivity index (χ1n) is 9.12. The number of hydrogen-bond donors (Lipinski definition) is 2. The molecule has 2 N–H and O–H groups in total. The molecule has 1 atom stereocenters. The lowest BCUT2D eigenvalue weighted by Gasteiger charge is -2.29. The third-order valence-electron chi connectivity index (χ3n) is 4.97. The molecule has 6 heteroatoms. The minimum atomic E-state index is -0.172. The second kappa shape index (κ2) is 7.37. The second-order valence-corrected chi connectivity index (χ2v) is 6.79. The molecule has 3 heterocycles. The van der Waals surface area contributed by atoms with Gasteiger partial charge in [0.25, 0.3) is 0 Å². The zero-order valence-electron chi connectivity index (χ0n) is 14.4. The molecule has 1 unspecified atom stereocenters. The van der Waals surface area contributed by atoms with Crippen LogP contribution < -0.4 is 10.2 Å². The van der Waals surface area contributed by atoms with Crippen LogP contribution in [-0.2, 0) is 6.42 Å². The van der Waals surface area contributed by atoms with Gasteiger partial charge in [0.1, 0.15) is 0 Å². The third-order valence-corrected chi connectivity index (χ3v) is 4.97. The van der Waals surface area contributed by atoms with E-state index in [9.17, 15) is 5.11 Å². The lowest BCUT2D eigenvalue weighted by molar-refractivity contribution is 0.0730. The van der Waals surface area contributed by atoms with Crippen LogP contribution in [0.15, 0.2) is 36.5 Å². The molecule has 0 saturated carbocycles. The van der Waals surface area contributed by atoms with Crippen LogP contribution in [-0.4, -0.2) is 58.8 Å². The highest BCUT2D eigenvalue weighted by Gasteiger charge is 2.22. The van der Waals surface area contributed by atoms with Crippen molar-refractivity contribution in [3.8, 4) is 0 Å². The van der Waals surface area contributed by atoms with Crippen LogP contribution in [0, 0.1) is 0 Å². The summed E-state index contributed by atoms with van der Waals surface area (Å²) in [7, 11) is 0. The number of fused-ring (bicyclic) bond motifs is 1. The predicted molar refractivity (Wildman–Crippen MR) is 99.4 cm³/mol. The molecule has 0 aliphatic carbocycles. The molecule has 0 bridgehead atoms. The van der Waals surface area contributed by atoms with Gasteiger partial charge in [-0.15, -0.1) is 0 Å². The monoisotopic (exact) mass is 339 g/mol. The van der Waals surface area contributed by atoms with Crippen molar-refractivity contribution in [1.82, 2.24) is 14.9 Å². The Labute approximate surface area is 148 Å². The number of para-hydroxylation sites is 1. The van der Waals surface area contributed by atoms with Crippen LogP contribution in [0.2, 0.25) is 0 Å². The Hall–Kier alpha value is -2.18. The zero-order valence-corrected chi connectivity index (χ0v) is 14.4. The van der Waals surface area contributed by atoms with Gasteiger partial charge >= 0.3 is 0 Å². The van der Waals surface area contributed by atoms with E-state index in [1.807, 2.05) is 12.3 Å². The number of likely N-dealkylation sites (tertiary alicyclic amines) is 1. The number of nitrogens with one attached hydrogen (secondary N) is 1. The molecule has 0 spiro atoms. The summed E-state index contributed by atoms with van der Waals surface area (Å²) in [6.45, 7) is 4.50. The highest BCUT2D eigenvalue weighted by molar-refractivity contribution is 5.68. The summed E-state index contributed by atoms with van der Waals surface area (Å²) in [6.07, 6.45) is 4.70. The normalized spacial score (nSPS) is 20.5. The summed E-state index contributed by atoms with van der Waals surface area (Å²) in [5, 5.41) is 13.1. The number of nitrogens with zero attached hydrogens (tertiary/aromatic N) is 4. The zero-order chi connectivity index (χ0) is 17.1. The van der Waals surface area contributed by atoms with Crippen LogP contribution in [0.5, 0.6) is 0 Å². The Morgan fingerprint density at radius 2 is 2.08 bits per heavy atom. The van der Waals surface area contributed by atoms with E-state index in [1.54, 1.807) is 0 Å². The number of aliphatic hydroxyl groups is 1. The van der Waals surface area contributed by atoms with Gasteiger partial charge in [0, 0.05) is 38.3 Å². The van der Waals surface area contributed by atoms with Crippen LogP contribution in [0.25, 0.3) is 0 Å². The Kier molecular flexibility index (Phi) is 4.81. The Morgan fingerprint density at radius 1 is 1.20 bits per heavy atom. The summed E-state index contributed by atoms with van der Waals surface area (Å²) in [4.78, 5) is 13.8. The average molecular weight is 339 g/mol. The fourth-order valence-corrected chi connectivity index (χ4v) is 3.68. The fraction of sp³-hybridized carbons (Fsp3) is 0.474. The Balaban J connectivity index is 1.36. The number of aliphatic hydroxyl groups excluding tert-OH is 1. The molecule has 6 nitrogen and oxygen atoms in total. The molecule has 0 amide bonds. The first kappa shape index (κ1) is 16.3. The van der Waals surface area contributed by atoms with Crippen molar-refractivity contribution in [2.75, 3.05) is 42.9 Å². The lowest BCUT2D eigenvalue weighted by atomic mass is 10.1. The number of anilines is 3. The van der Waals surface area contributed by atoms with Gasteiger partial charge in [-0.1, -0.05) is 18.2 Å². The van der Waals surface area contributed by atoms with Gasteiger partial charge in [-0.3, -0.25) is 4.90 Å². The first-order chi connectivity index (χ1) is 12.3. The summed E-state index contributed by atoms with van der Waals surface area (Å²) < 4.78 is 0. The summed E-state index contributed by atoms with van der Waals surface area (Å²) in [5.41, 5.74) is 3.40. The Morgan fingerprint density at radius 3 is 2.92 bits per heavy atom. The number of β-amino-alcohol motifs (C(OH)–C–C–N with tert-alkyl or cyclic N) is 1. The molecule has 2 aliphatic heterocycles. The van der Waals surface area contributed by atoms with Crippen LogP contribution in [0.1, 0.15) is 18.5 Å². The van der Waals surface area contributed by atoms with E-state index in [0.29, 0.717) is 5.95 Å². The largest absolute Gasteiger partial charge is 0.392 e. The minimum absolute atomic E-state index is 0.172. The molecule has 132 valence electrons. The topological polar surface area (TPSA) is 64.5 Å². The van der Waals surface area contributed by atoms with E-state index in [-0.39, 0.29) is 6.10 Å². The maximum atomic E-state index is 9.73. The van der Waals surface area contributed by atoms with Gasteiger partial charge in [0.05, 0.1) is 23.7 Å². The van der Waals surface area contributed by atoms with E-state index < -0.39 is 0 Å². The van der Waals surface area contributed by atoms with Gasteiger partial charge in [-0.2, -0.15) is 0 Å². The van der Waals surface area contributed by atoms with Gasteiger partial charge in [-0.05, 0) is 31.5 Å². The molecule has 2 aromatic rings. The Bertz CT molecular complexity index is 708. The van der Waals surface area contributed by atoms with Gasteiger partial charge in [0.15, 0.2) is 0 Å². The minimum Gasteiger partial charge on any atom is -0.392 e. The highest BCUT2D eigenvalue weighted by Crippen LogP contribution is 2.32.